The van der Waals surface area contributed by atoms with E-state index in [2.05, 4.69) is 35.4 Å². The third-order valence-corrected chi connectivity index (χ3v) is 3.93. The molecule has 0 aliphatic rings. The predicted molar refractivity (Wildman–Crippen MR) is 86.7 cm³/mol. The zero-order valence-corrected chi connectivity index (χ0v) is 13.1. The van der Waals surface area contributed by atoms with Crippen molar-refractivity contribution in [3.63, 3.8) is 0 Å². The van der Waals surface area contributed by atoms with Crippen molar-refractivity contribution in [1.82, 2.24) is 10.3 Å². The Kier molecular flexibility index (Phi) is 5.76. The van der Waals surface area contributed by atoms with E-state index in [9.17, 15) is 0 Å². The van der Waals surface area contributed by atoms with Crippen LogP contribution in [0.1, 0.15) is 36.1 Å². The molecule has 1 atom stereocenters. The Morgan fingerprint density at radius 1 is 1.19 bits per heavy atom. The van der Waals surface area contributed by atoms with Gasteiger partial charge in [-0.25, -0.2) is 0 Å². The fourth-order valence-corrected chi connectivity index (χ4v) is 2.63. The molecule has 1 N–H and O–H groups in total. The first-order valence-corrected chi connectivity index (χ1v) is 7.51. The summed E-state index contributed by atoms with van der Waals surface area (Å²) < 4.78 is 5.20. The molecule has 0 aliphatic carbocycles. The molecule has 0 amide bonds. The molecule has 21 heavy (non-hydrogen) atoms. The lowest BCUT2D eigenvalue weighted by Crippen LogP contribution is -2.18. The smallest absolute Gasteiger partial charge is 0.118 e. The fraction of sp³-hybridized carbons (Fsp3) is 0.389. The summed E-state index contributed by atoms with van der Waals surface area (Å²) in [5, 5.41) is 3.43. The van der Waals surface area contributed by atoms with Crippen LogP contribution in [-0.2, 0) is 12.8 Å². The molecule has 0 spiro atoms. The van der Waals surface area contributed by atoms with Gasteiger partial charge in [0.05, 0.1) is 7.11 Å². The number of pyridine rings is 1. The molecule has 0 fully saturated rings. The summed E-state index contributed by atoms with van der Waals surface area (Å²) in [4.78, 5) is 4.23. The van der Waals surface area contributed by atoms with Crippen LogP contribution in [0, 0.1) is 0 Å². The lowest BCUT2D eigenvalue weighted by Gasteiger charge is -2.19. The molecular weight excluding hydrogens is 260 g/mol. The molecule has 2 rings (SSSR count). The van der Waals surface area contributed by atoms with Gasteiger partial charge in [-0.05, 0) is 61.2 Å². The van der Waals surface area contributed by atoms with Crippen LogP contribution in [0.4, 0.5) is 0 Å². The predicted octanol–water partition coefficient (Wildman–Crippen LogP) is 3.55. The maximum atomic E-state index is 5.20. The minimum absolute atomic E-state index is 0.366. The second-order valence-electron chi connectivity index (χ2n) is 5.16. The molecule has 3 nitrogen and oxygen atoms in total. The van der Waals surface area contributed by atoms with Gasteiger partial charge in [0, 0.05) is 18.4 Å². The summed E-state index contributed by atoms with van der Waals surface area (Å²) in [6, 6.07) is 10.8. The first-order chi connectivity index (χ1) is 10.3. The second-order valence-corrected chi connectivity index (χ2v) is 5.16. The van der Waals surface area contributed by atoms with E-state index in [-0.39, 0.29) is 0 Å². The monoisotopic (exact) mass is 284 g/mol. The van der Waals surface area contributed by atoms with E-state index in [0.29, 0.717) is 6.04 Å². The first-order valence-electron chi connectivity index (χ1n) is 7.51. The van der Waals surface area contributed by atoms with Gasteiger partial charge in [-0.2, -0.15) is 0 Å². The second kappa shape index (κ2) is 7.79. The molecule has 0 radical (unpaired) electrons. The minimum atomic E-state index is 0.366. The van der Waals surface area contributed by atoms with Crippen LogP contribution in [0.2, 0.25) is 0 Å². The maximum Gasteiger partial charge on any atom is 0.118 e. The Bertz CT molecular complexity index is 551. The van der Waals surface area contributed by atoms with Crippen LogP contribution in [-0.4, -0.2) is 19.1 Å². The molecule has 1 aromatic carbocycles. The van der Waals surface area contributed by atoms with Crippen LogP contribution < -0.4 is 10.1 Å². The van der Waals surface area contributed by atoms with E-state index in [1.807, 2.05) is 31.6 Å². The number of benzene rings is 1. The molecule has 1 heterocycles. The molecule has 0 saturated heterocycles. The largest absolute Gasteiger partial charge is 0.497 e. The highest BCUT2D eigenvalue weighted by Gasteiger charge is 2.12. The van der Waals surface area contributed by atoms with Crippen LogP contribution in [0.15, 0.2) is 42.7 Å². The number of ether oxygens (including phenoxy) is 1. The van der Waals surface area contributed by atoms with Gasteiger partial charge in [0.15, 0.2) is 0 Å². The van der Waals surface area contributed by atoms with E-state index >= 15 is 0 Å². The molecule has 0 saturated carbocycles. The number of nitrogens with zero attached hydrogens (tertiary/aromatic N) is 1. The molecule has 3 heteroatoms. The third-order valence-electron chi connectivity index (χ3n) is 3.93. The molecule has 1 unspecified atom stereocenters. The van der Waals surface area contributed by atoms with Crippen molar-refractivity contribution in [3.05, 3.63) is 59.4 Å². The fourth-order valence-electron chi connectivity index (χ4n) is 2.63. The third kappa shape index (κ3) is 4.05. The summed E-state index contributed by atoms with van der Waals surface area (Å²) in [5.41, 5.74) is 4.03. The van der Waals surface area contributed by atoms with E-state index in [0.717, 1.165) is 25.0 Å². The highest BCUT2D eigenvalue weighted by Crippen LogP contribution is 2.23. The Balaban J connectivity index is 2.05. The average Bonchev–Trinajstić information content (AvgIpc) is 2.56. The molecule has 1 aromatic heterocycles. The van der Waals surface area contributed by atoms with Crippen molar-refractivity contribution in [2.75, 3.05) is 14.2 Å². The normalized spacial score (nSPS) is 12.1. The van der Waals surface area contributed by atoms with Crippen molar-refractivity contribution >= 4 is 0 Å². The first kappa shape index (κ1) is 15.5. The van der Waals surface area contributed by atoms with Crippen molar-refractivity contribution in [2.45, 2.75) is 32.2 Å². The SMILES string of the molecule is CCc1cnccc1C(CCc1ccc(OC)cc1)NC. The van der Waals surface area contributed by atoms with Gasteiger partial charge in [0.2, 0.25) is 0 Å². The number of hydrogen-bond acceptors (Lipinski definition) is 3. The van der Waals surface area contributed by atoms with Crippen molar-refractivity contribution in [1.29, 1.82) is 0 Å². The standard InChI is InChI=1S/C18H24N2O/c1-4-15-13-20-12-11-17(15)18(19-2)10-7-14-5-8-16(21-3)9-6-14/h5-6,8-9,11-13,18-19H,4,7,10H2,1-3H3. The van der Waals surface area contributed by atoms with Crippen LogP contribution in [0.5, 0.6) is 5.75 Å². The zero-order chi connectivity index (χ0) is 15.1. The van der Waals surface area contributed by atoms with Crippen molar-refractivity contribution in [2.24, 2.45) is 0 Å². The Hall–Kier alpha value is -1.87. The molecule has 0 aliphatic heterocycles. The summed E-state index contributed by atoms with van der Waals surface area (Å²) >= 11 is 0. The Morgan fingerprint density at radius 2 is 1.95 bits per heavy atom. The van der Waals surface area contributed by atoms with E-state index in [1.54, 1.807) is 7.11 Å². The number of aryl methyl sites for hydroxylation is 2. The zero-order valence-electron chi connectivity index (χ0n) is 13.1. The van der Waals surface area contributed by atoms with Gasteiger partial charge in [0.1, 0.15) is 5.75 Å². The summed E-state index contributed by atoms with van der Waals surface area (Å²) in [5.74, 6) is 0.909. The minimum Gasteiger partial charge on any atom is -0.497 e. The number of hydrogen-bond donors (Lipinski definition) is 1. The quantitative estimate of drug-likeness (QED) is 0.844. The number of rotatable bonds is 7. The number of nitrogens with one attached hydrogen (secondary N) is 1. The summed E-state index contributed by atoms with van der Waals surface area (Å²) in [6.07, 6.45) is 6.99. The van der Waals surface area contributed by atoms with Crippen LogP contribution in [0.25, 0.3) is 0 Å². The highest BCUT2D eigenvalue weighted by molar-refractivity contribution is 5.29. The lowest BCUT2D eigenvalue weighted by atomic mass is 9.95. The lowest BCUT2D eigenvalue weighted by molar-refractivity contribution is 0.414. The maximum absolute atomic E-state index is 5.20. The van der Waals surface area contributed by atoms with Gasteiger partial charge < -0.3 is 10.1 Å². The van der Waals surface area contributed by atoms with Crippen molar-refractivity contribution < 1.29 is 4.74 Å². The Labute approximate surface area is 127 Å². The average molecular weight is 284 g/mol. The number of aromatic nitrogens is 1. The molecule has 112 valence electrons. The van der Waals surface area contributed by atoms with E-state index in [1.165, 1.54) is 16.7 Å². The van der Waals surface area contributed by atoms with Crippen LogP contribution in [0.3, 0.4) is 0 Å². The summed E-state index contributed by atoms with van der Waals surface area (Å²) in [6.45, 7) is 2.18. The molecule has 2 aromatic rings. The van der Waals surface area contributed by atoms with Crippen molar-refractivity contribution in [3.8, 4) is 5.75 Å². The van der Waals surface area contributed by atoms with Gasteiger partial charge in [-0.15, -0.1) is 0 Å². The molecule has 0 bridgehead atoms. The van der Waals surface area contributed by atoms with Gasteiger partial charge in [0.25, 0.3) is 0 Å². The van der Waals surface area contributed by atoms with E-state index in [4.69, 9.17) is 4.74 Å². The Morgan fingerprint density at radius 3 is 2.57 bits per heavy atom. The highest BCUT2D eigenvalue weighted by atomic mass is 16.5. The topological polar surface area (TPSA) is 34.1 Å². The summed E-state index contributed by atoms with van der Waals surface area (Å²) in [7, 11) is 3.72. The number of methoxy groups -OCH3 is 1. The van der Waals surface area contributed by atoms with Gasteiger partial charge in [-0.1, -0.05) is 19.1 Å². The van der Waals surface area contributed by atoms with Crippen LogP contribution >= 0.6 is 0 Å². The van der Waals surface area contributed by atoms with E-state index < -0.39 is 0 Å². The van der Waals surface area contributed by atoms with Gasteiger partial charge >= 0.3 is 0 Å². The molecular formula is C18H24N2O. The van der Waals surface area contributed by atoms with Gasteiger partial charge in [-0.3, -0.25) is 4.98 Å².